The predicted octanol–water partition coefficient (Wildman–Crippen LogP) is 1.68. The van der Waals surface area contributed by atoms with Gasteiger partial charge in [-0.25, -0.2) is 19.3 Å². The van der Waals surface area contributed by atoms with Crippen LogP contribution in [0.5, 0.6) is 0 Å². The third-order valence-electron chi connectivity index (χ3n) is 5.77. The van der Waals surface area contributed by atoms with Crippen LogP contribution in [0, 0.1) is 11.7 Å². The highest BCUT2D eigenvalue weighted by Gasteiger charge is 2.37. The lowest BCUT2D eigenvalue weighted by atomic mass is 9.82. The number of piperidine rings is 1. The number of nitrogens with two attached hydrogens (primary N) is 1. The van der Waals surface area contributed by atoms with E-state index in [4.69, 9.17) is 5.73 Å². The second-order valence-electron chi connectivity index (χ2n) is 7.82. The number of pyridine rings is 2. The van der Waals surface area contributed by atoms with Gasteiger partial charge in [-0.1, -0.05) is 0 Å². The number of likely N-dealkylation sites (tertiary alicyclic amines) is 1. The summed E-state index contributed by atoms with van der Waals surface area (Å²) in [6.45, 7) is 1.57. The number of carbonyl (C=O) groups excluding carboxylic acids is 1. The highest BCUT2D eigenvalue weighted by atomic mass is 19.1. The number of nitrogens with zero attached hydrogens (tertiary/aromatic N) is 5. The number of nitrogen functional groups attached to an aromatic ring is 1. The first-order chi connectivity index (χ1) is 14.5. The van der Waals surface area contributed by atoms with Crippen molar-refractivity contribution in [3.05, 3.63) is 70.4 Å². The highest BCUT2D eigenvalue weighted by molar-refractivity contribution is 5.92. The maximum atomic E-state index is 13.1. The minimum Gasteiger partial charge on any atom is -0.384 e. The van der Waals surface area contributed by atoms with E-state index in [-0.39, 0.29) is 29.0 Å². The summed E-state index contributed by atoms with van der Waals surface area (Å²) in [5.41, 5.74) is 8.05. The average Bonchev–Trinajstić information content (AvgIpc) is 2.74. The van der Waals surface area contributed by atoms with Crippen molar-refractivity contribution >= 4 is 11.7 Å². The van der Waals surface area contributed by atoms with Crippen LogP contribution < -0.4 is 11.3 Å². The van der Waals surface area contributed by atoms with Gasteiger partial charge < -0.3 is 15.2 Å². The number of rotatable bonds is 2. The Morgan fingerprint density at radius 3 is 2.73 bits per heavy atom. The van der Waals surface area contributed by atoms with E-state index in [1.165, 1.54) is 18.5 Å². The zero-order valence-corrected chi connectivity index (χ0v) is 16.0. The molecular weight excluding hydrogens is 387 g/mol. The first-order valence-electron chi connectivity index (χ1n) is 9.71. The Morgan fingerprint density at radius 1 is 1.10 bits per heavy atom. The van der Waals surface area contributed by atoms with Gasteiger partial charge in [-0.2, -0.15) is 0 Å². The summed E-state index contributed by atoms with van der Waals surface area (Å²) < 4.78 is 14.9. The fraction of sp³-hybridized carbons (Fsp3) is 0.286. The molecule has 1 fully saturated rings. The Kier molecular flexibility index (Phi) is 4.30. The summed E-state index contributed by atoms with van der Waals surface area (Å²) in [4.78, 5) is 39.5. The van der Waals surface area contributed by atoms with E-state index < -0.39 is 5.82 Å². The topological polar surface area (TPSA) is 107 Å². The quantitative estimate of drug-likeness (QED) is 0.694. The van der Waals surface area contributed by atoms with E-state index in [1.54, 1.807) is 21.6 Å². The number of anilines is 1. The first kappa shape index (κ1) is 18.4. The van der Waals surface area contributed by atoms with Crippen molar-refractivity contribution in [2.75, 3.05) is 18.8 Å². The van der Waals surface area contributed by atoms with Gasteiger partial charge in [0.05, 0.1) is 11.9 Å². The molecule has 3 aromatic heterocycles. The van der Waals surface area contributed by atoms with Crippen molar-refractivity contribution in [3.63, 3.8) is 0 Å². The van der Waals surface area contributed by atoms with Crippen molar-refractivity contribution in [2.24, 2.45) is 5.92 Å². The molecule has 0 unspecified atom stereocenters. The Bertz CT molecular complexity index is 1190. The molecule has 1 saturated heterocycles. The molecule has 9 heteroatoms. The second-order valence-corrected chi connectivity index (χ2v) is 7.82. The van der Waals surface area contributed by atoms with Crippen LogP contribution >= 0.6 is 0 Å². The number of amides is 1. The third-order valence-corrected chi connectivity index (χ3v) is 5.77. The lowest BCUT2D eigenvalue weighted by molar-refractivity contribution is 0.0589. The lowest BCUT2D eigenvalue weighted by Crippen LogP contribution is -2.49. The maximum absolute atomic E-state index is 13.1. The van der Waals surface area contributed by atoms with Gasteiger partial charge in [0.25, 0.3) is 11.5 Å². The van der Waals surface area contributed by atoms with Crippen LogP contribution in [0.4, 0.5) is 10.2 Å². The molecule has 152 valence electrons. The normalized spacial score (nSPS) is 20.0. The molecule has 30 heavy (non-hydrogen) atoms. The molecule has 0 aromatic carbocycles. The summed E-state index contributed by atoms with van der Waals surface area (Å²) in [6.07, 6.45) is 3.32. The van der Waals surface area contributed by atoms with Gasteiger partial charge >= 0.3 is 0 Å². The van der Waals surface area contributed by atoms with Gasteiger partial charge in [-0.3, -0.25) is 9.59 Å². The van der Waals surface area contributed by atoms with Crippen LogP contribution in [0.25, 0.3) is 11.3 Å². The van der Waals surface area contributed by atoms with Crippen LogP contribution in [-0.4, -0.2) is 43.4 Å². The van der Waals surface area contributed by atoms with Crippen LogP contribution in [0.2, 0.25) is 0 Å². The van der Waals surface area contributed by atoms with Crippen molar-refractivity contribution in [3.8, 4) is 11.3 Å². The fourth-order valence-electron chi connectivity index (χ4n) is 4.47. The minimum absolute atomic E-state index is 0.0220. The van der Waals surface area contributed by atoms with E-state index in [2.05, 4.69) is 15.0 Å². The fourth-order valence-corrected chi connectivity index (χ4v) is 4.47. The first-order valence-corrected chi connectivity index (χ1v) is 9.71. The van der Waals surface area contributed by atoms with Gasteiger partial charge in [0.2, 0.25) is 0 Å². The SMILES string of the molecule is Nc1cc(-c2cc3n(c(=O)c2)C[C@H]2C[C@@H]3CN(C(=O)c3ccc(F)cn3)C2)ncn1. The predicted molar refractivity (Wildman–Crippen MR) is 107 cm³/mol. The van der Waals surface area contributed by atoms with Crippen LogP contribution in [0.15, 0.2) is 47.7 Å². The van der Waals surface area contributed by atoms with E-state index in [1.807, 2.05) is 6.07 Å². The molecule has 8 nitrogen and oxygen atoms in total. The number of halogens is 1. The van der Waals surface area contributed by atoms with E-state index in [0.717, 1.165) is 18.3 Å². The maximum Gasteiger partial charge on any atom is 0.272 e. The summed E-state index contributed by atoms with van der Waals surface area (Å²) >= 11 is 0. The number of carbonyl (C=O) groups is 1. The van der Waals surface area contributed by atoms with Gasteiger partial charge in [0.1, 0.15) is 23.7 Å². The molecular formula is C21H19FN6O2. The standard InChI is InChI=1S/C21H19FN6O2/c22-15-1-2-16(24-7-15)21(30)27-8-12-3-14(10-27)18-4-13(5-20(29)28(18)9-12)17-6-19(23)26-11-25-17/h1-2,4-7,11-12,14H,3,8-10H2,(H2,23,25,26)/t12-,14+/m0/s1. The van der Waals surface area contributed by atoms with Crippen molar-refractivity contribution < 1.29 is 9.18 Å². The summed E-state index contributed by atoms with van der Waals surface area (Å²) in [5, 5.41) is 0. The molecule has 2 aliphatic rings. The number of fused-ring (bicyclic) bond motifs is 4. The van der Waals surface area contributed by atoms with E-state index in [9.17, 15) is 14.0 Å². The van der Waals surface area contributed by atoms with Crippen LogP contribution in [0.1, 0.15) is 28.5 Å². The molecule has 2 N–H and O–H groups in total. The zero-order chi connectivity index (χ0) is 20.8. The van der Waals surface area contributed by atoms with Crippen molar-refractivity contribution in [2.45, 2.75) is 18.9 Å². The number of hydrogen-bond acceptors (Lipinski definition) is 6. The number of hydrogen-bond donors (Lipinski definition) is 1. The smallest absolute Gasteiger partial charge is 0.272 e. The second kappa shape index (κ2) is 7.01. The van der Waals surface area contributed by atoms with Gasteiger partial charge in [0.15, 0.2) is 0 Å². The molecule has 2 atom stereocenters. The monoisotopic (exact) mass is 406 g/mol. The Balaban J connectivity index is 1.48. The van der Waals surface area contributed by atoms with Gasteiger partial charge in [-0.15, -0.1) is 0 Å². The minimum atomic E-state index is -0.478. The van der Waals surface area contributed by atoms with Crippen molar-refractivity contribution in [1.29, 1.82) is 0 Å². The highest BCUT2D eigenvalue weighted by Crippen LogP contribution is 2.36. The van der Waals surface area contributed by atoms with Crippen LogP contribution in [0.3, 0.4) is 0 Å². The zero-order valence-electron chi connectivity index (χ0n) is 16.0. The molecule has 1 amide bonds. The summed E-state index contributed by atoms with van der Waals surface area (Å²) in [5.74, 6) is -0.166. The number of aromatic nitrogens is 4. The molecule has 0 saturated carbocycles. The van der Waals surface area contributed by atoms with E-state index in [0.29, 0.717) is 36.7 Å². The molecule has 2 bridgehead atoms. The Hall–Kier alpha value is -3.62. The van der Waals surface area contributed by atoms with Crippen LogP contribution in [-0.2, 0) is 6.54 Å². The van der Waals surface area contributed by atoms with E-state index >= 15 is 0 Å². The molecule has 3 aromatic rings. The Morgan fingerprint density at radius 2 is 1.97 bits per heavy atom. The lowest BCUT2D eigenvalue weighted by Gasteiger charge is -2.42. The summed E-state index contributed by atoms with van der Waals surface area (Å²) in [6, 6.07) is 7.79. The van der Waals surface area contributed by atoms with Crippen molar-refractivity contribution in [1.82, 2.24) is 24.4 Å². The van der Waals surface area contributed by atoms with Gasteiger partial charge in [-0.05, 0) is 30.5 Å². The third kappa shape index (κ3) is 3.22. The largest absolute Gasteiger partial charge is 0.384 e. The molecule has 0 aliphatic carbocycles. The molecule has 5 rings (SSSR count). The van der Waals surface area contributed by atoms with Gasteiger partial charge in [0, 0.05) is 48.9 Å². The summed E-state index contributed by atoms with van der Waals surface area (Å²) in [7, 11) is 0. The molecule has 2 aliphatic heterocycles. The Labute approximate surface area is 171 Å². The molecule has 0 spiro atoms. The molecule has 0 radical (unpaired) electrons. The molecule has 5 heterocycles. The average molecular weight is 406 g/mol.